The number of rotatable bonds is 4. The van der Waals surface area contributed by atoms with Crippen LogP contribution in [0.2, 0.25) is 0 Å². The van der Waals surface area contributed by atoms with Crippen molar-refractivity contribution >= 4 is 47.4 Å². The Morgan fingerprint density at radius 3 is 2.57 bits per heavy atom. The molecule has 130 valence electrons. The number of hydrogen-bond acceptors (Lipinski definition) is 3. The SMILES string of the molecule is CC1(CN=C(N)Nc2ccc(OC(F)(F)F)cc2)CCCS1.I. The highest BCUT2D eigenvalue weighted by Gasteiger charge is 2.31. The van der Waals surface area contributed by atoms with Gasteiger partial charge in [0.05, 0.1) is 6.54 Å². The van der Waals surface area contributed by atoms with Crippen molar-refractivity contribution in [3.05, 3.63) is 24.3 Å². The van der Waals surface area contributed by atoms with Gasteiger partial charge in [0.2, 0.25) is 0 Å². The van der Waals surface area contributed by atoms with E-state index in [4.69, 9.17) is 5.73 Å². The van der Waals surface area contributed by atoms with Gasteiger partial charge in [0.1, 0.15) is 5.75 Å². The van der Waals surface area contributed by atoms with Gasteiger partial charge in [-0.25, -0.2) is 0 Å². The summed E-state index contributed by atoms with van der Waals surface area (Å²) >= 11 is 1.89. The van der Waals surface area contributed by atoms with Crippen molar-refractivity contribution in [2.75, 3.05) is 17.6 Å². The number of nitrogens with two attached hydrogens (primary N) is 1. The quantitative estimate of drug-likeness (QED) is 0.401. The Bertz CT molecular complexity index is 531. The van der Waals surface area contributed by atoms with Gasteiger partial charge in [-0.3, -0.25) is 4.99 Å². The zero-order valence-electron chi connectivity index (χ0n) is 12.5. The van der Waals surface area contributed by atoms with Crippen molar-refractivity contribution in [2.45, 2.75) is 30.9 Å². The predicted octanol–water partition coefficient (Wildman–Crippen LogP) is 4.22. The maximum atomic E-state index is 12.1. The lowest BCUT2D eigenvalue weighted by Crippen LogP contribution is -2.27. The van der Waals surface area contributed by atoms with Gasteiger partial charge in [-0.2, -0.15) is 11.8 Å². The molecule has 0 saturated carbocycles. The average Bonchev–Trinajstić information content (AvgIpc) is 2.85. The molecule has 0 amide bonds. The van der Waals surface area contributed by atoms with E-state index in [1.54, 1.807) is 0 Å². The van der Waals surface area contributed by atoms with Crippen molar-refractivity contribution in [1.82, 2.24) is 0 Å². The third-order valence-electron chi connectivity index (χ3n) is 3.24. The van der Waals surface area contributed by atoms with E-state index in [9.17, 15) is 13.2 Å². The maximum absolute atomic E-state index is 12.1. The normalized spacial score (nSPS) is 21.7. The Hall–Kier alpha value is -0.840. The number of aliphatic imine (C=N–C) groups is 1. The molecular formula is C14H19F3IN3OS. The lowest BCUT2D eigenvalue weighted by molar-refractivity contribution is -0.274. The smallest absolute Gasteiger partial charge is 0.406 e. The Balaban J connectivity index is 0.00000264. The molecule has 4 nitrogen and oxygen atoms in total. The summed E-state index contributed by atoms with van der Waals surface area (Å²) in [5.41, 5.74) is 6.36. The molecular weight excluding hydrogens is 442 g/mol. The Labute approximate surface area is 154 Å². The number of thioether (sulfide) groups is 1. The second kappa shape index (κ2) is 8.32. The average molecular weight is 461 g/mol. The fraction of sp³-hybridized carbons (Fsp3) is 0.500. The summed E-state index contributed by atoms with van der Waals surface area (Å²) in [6.07, 6.45) is -2.40. The molecule has 1 saturated heterocycles. The van der Waals surface area contributed by atoms with Gasteiger partial charge in [0.15, 0.2) is 5.96 Å². The van der Waals surface area contributed by atoms with Crippen LogP contribution in [0.4, 0.5) is 18.9 Å². The van der Waals surface area contributed by atoms with Gasteiger partial charge in [-0.1, -0.05) is 0 Å². The summed E-state index contributed by atoms with van der Waals surface area (Å²) < 4.78 is 40.1. The zero-order chi connectivity index (χ0) is 16.2. The van der Waals surface area contributed by atoms with Crippen LogP contribution in [0.1, 0.15) is 19.8 Å². The molecule has 3 N–H and O–H groups in total. The summed E-state index contributed by atoms with van der Waals surface area (Å²) in [5.74, 6) is 1.11. The van der Waals surface area contributed by atoms with Crippen molar-refractivity contribution < 1.29 is 17.9 Å². The first kappa shape index (κ1) is 20.2. The second-order valence-electron chi connectivity index (χ2n) is 5.30. The predicted molar refractivity (Wildman–Crippen MR) is 98.7 cm³/mol. The van der Waals surface area contributed by atoms with Gasteiger partial charge in [-0.15, -0.1) is 37.1 Å². The molecule has 2 rings (SSSR count). The number of nitrogens with one attached hydrogen (secondary N) is 1. The van der Waals surface area contributed by atoms with E-state index in [-0.39, 0.29) is 40.4 Å². The van der Waals surface area contributed by atoms with E-state index in [1.165, 1.54) is 30.7 Å². The molecule has 23 heavy (non-hydrogen) atoms. The van der Waals surface area contributed by atoms with Crippen molar-refractivity contribution in [3.63, 3.8) is 0 Å². The highest BCUT2D eigenvalue weighted by molar-refractivity contribution is 14.0. The van der Waals surface area contributed by atoms with Crippen LogP contribution in [0.25, 0.3) is 0 Å². The first-order chi connectivity index (χ1) is 10.3. The number of hydrogen-bond donors (Lipinski definition) is 2. The van der Waals surface area contributed by atoms with Gasteiger partial charge < -0.3 is 15.8 Å². The summed E-state index contributed by atoms with van der Waals surface area (Å²) in [6.45, 7) is 2.77. The third kappa shape index (κ3) is 7.06. The molecule has 1 heterocycles. The van der Waals surface area contributed by atoms with Gasteiger partial charge >= 0.3 is 6.36 Å². The van der Waals surface area contributed by atoms with Crippen LogP contribution >= 0.6 is 35.7 Å². The fourth-order valence-corrected chi connectivity index (χ4v) is 3.37. The monoisotopic (exact) mass is 461 g/mol. The number of anilines is 1. The minimum Gasteiger partial charge on any atom is -0.406 e. The van der Waals surface area contributed by atoms with E-state index in [1.807, 2.05) is 11.8 Å². The third-order valence-corrected chi connectivity index (χ3v) is 4.77. The minimum absolute atomic E-state index is 0. The lowest BCUT2D eigenvalue weighted by atomic mass is 10.1. The summed E-state index contributed by atoms with van der Waals surface area (Å²) in [7, 11) is 0. The molecule has 1 aromatic carbocycles. The molecule has 0 aliphatic carbocycles. The largest absolute Gasteiger partial charge is 0.573 e. The molecule has 1 fully saturated rings. The van der Waals surface area contributed by atoms with Crippen LogP contribution in [0, 0.1) is 0 Å². The van der Waals surface area contributed by atoms with Gasteiger partial charge in [-0.05, 0) is 49.8 Å². The molecule has 1 aliphatic rings. The van der Waals surface area contributed by atoms with Gasteiger partial charge in [0, 0.05) is 10.4 Å². The molecule has 1 atom stereocenters. The molecule has 0 aromatic heterocycles. The van der Waals surface area contributed by atoms with Crippen LogP contribution in [-0.4, -0.2) is 29.4 Å². The summed E-state index contributed by atoms with van der Waals surface area (Å²) in [4.78, 5) is 4.31. The molecule has 0 bridgehead atoms. The highest BCUT2D eigenvalue weighted by Crippen LogP contribution is 2.37. The Kier molecular flexibility index (Phi) is 7.30. The summed E-state index contributed by atoms with van der Waals surface area (Å²) in [6, 6.07) is 5.35. The number of ether oxygens (including phenoxy) is 1. The highest BCUT2D eigenvalue weighted by atomic mass is 127. The first-order valence-corrected chi connectivity index (χ1v) is 7.81. The van der Waals surface area contributed by atoms with Crippen LogP contribution in [0.15, 0.2) is 29.3 Å². The standard InChI is InChI=1S/C14H18F3N3OS.HI/c1-13(7-2-8-22-13)9-19-12(18)20-10-3-5-11(6-4-10)21-14(15,16)17;/h3-6H,2,7-9H2,1H3,(H3,18,19,20);1H. The Morgan fingerprint density at radius 1 is 1.39 bits per heavy atom. The van der Waals surface area contributed by atoms with Gasteiger partial charge in [0.25, 0.3) is 0 Å². The number of guanidine groups is 1. The number of nitrogens with zero attached hydrogens (tertiary/aromatic N) is 1. The van der Waals surface area contributed by atoms with Crippen LogP contribution in [0.3, 0.4) is 0 Å². The molecule has 1 aliphatic heterocycles. The van der Waals surface area contributed by atoms with E-state index < -0.39 is 6.36 Å². The number of halogens is 4. The van der Waals surface area contributed by atoms with E-state index >= 15 is 0 Å². The van der Waals surface area contributed by atoms with Crippen molar-refractivity contribution in [2.24, 2.45) is 10.7 Å². The molecule has 1 unspecified atom stereocenters. The lowest BCUT2D eigenvalue weighted by Gasteiger charge is -2.20. The number of benzene rings is 1. The van der Waals surface area contributed by atoms with E-state index in [2.05, 4.69) is 22.0 Å². The zero-order valence-corrected chi connectivity index (χ0v) is 15.7. The number of alkyl halides is 3. The second-order valence-corrected chi connectivity index (χ2v) is 6.98. The molecule has 9 heteroatoms. The van der Waals surface area contributed by atoms with Crippen LogP contribution in [-0.2, 0) is 0 Å². The van der Waals surface area contributed by atoms with Crippen molar-refractivity contribution in [3.8, 4) is 5.75 Å². The molecule has 0 spiro atoms. The van der Waals surface area contributed by atoms with E-state index in [0.717, 1.165) is 12.2 Å². The topological polar surface area (TPSA) is 59.6 Å². The van der Waals surface area contributed by atoms with E-state index in [0.29, 0.717) is 12.2 Å². The van der Waals surface area contributed by atoms with Crippen LogP contribution < -0.4 is 15.8 Å². The first-order valence-electron chi connectivity index (χ1n) is 6.82. The summed E-state index contributed by atoms with van der Waals surface area (Å²) in [5, 5.41) is 2.85. The fourth-order valence-electron chi connectivity index (χ4n) is 2.14. The molecule has 0 radical (unpaired) electrons. The minimum atomic E-state index is -4.69. The van der Waals surface area contributed by atoms with Crippen LogP contribution in [0.5, 0.6) is 5.75 Å². The Morgan fingerprint density at radius 2 is 2.04 bits per heavy atom. The van der Waals surface area contributed by atoms with Crippen molar-refractivity contribution in [1.29, 1.82) is 0 Å². The molecule has 1 aromatic rings. The maximum Gasteiger partial charge on any atom is 0.573 e.